The van der Waals surface area contributed by atoms with E-state index in [1.807, 2.05) is 0 Å². The first-order valence-electron chi connectivity index (χ1n) is 7.43. The molecule has 1 N–H and O–H groups in total. The summed E-state index contributed by atoms with van der Waals surface area (Å²) in [5, 5.41) is 9.35. The van der Waals surface area contributed by atoms with Crippen LogP contribution in [0.2, 0.25) is 0 Å². The van der Waals surface area contributed by atoms with Crippen LogP contribution in [0, 0.1) is 5.41 Å². The van der Waals surface area contributed by atoms with Crippen molar-refractivity contribution in [2.45, 2.75) is 39.0 Å². The summed E-state index contributed by atoms with van der Waals surface area (Å²) in [5.74, 6) is 0.607. The third-order valence-corrected chi connectivity index (χ3v) is 4.33. The number of benzene rings is 1. The molecule has 0 heterocycles. The molecule has 0 aliphatic heterocycles. The van der Waals surface area contributed by atoms with E-state index in [4.69, 9.17) is 0 Å². The Bertz CT molecular complexity index is 392. The van der Waals surface area contributed by atoms with E-state index in [9.17, 15) is 5.11 Å². The van der Waals surface area contributed by atoms with Gasteiger partial charge in [-0.05, 0) is 43.4 Å². The number of nitrogens with zero attached hydrogens (tertiary/aromatic N) is 1. The molecule has 0 radical (unpaired) electrons. The summed E-state index contributed by atoms with van der Waals surface area (Å²) >= 11 is 0. The van der Waals surface area contributed by atoms with Crippen LogP contribution < -0.4 is 0 Å². The van der Waals surface area contributed by atoms with E-state index in [2.05, 4.69) is 50.1 Å². The van der Waals surface area contributed by atoms with Gasteiger partial charge in [0, 0.05) is 25.1 Å². The lowest BCUT2D eigenvalue weighted by Gasteiger charge is -2.22. The minimum absolute atomic E-state index is 0.232. The van der Waals surface area contributed by atoms with Crippen LogP contribution in [0.3, 0.4) is 0 Å². The first-order chi connectivity index (χ1) is 9.04. The van der Waals surface area contributed by atoms with Gasteiger partial charge in [-0.2, -0.15) is 0 Å². The number of hydrogen-bond donors (Lipinski definition) is 1. The average Bonchev–Trinajstić information content (AvgIpc) is 3.17. The van der Waals surface area contributed by atoms with E-state index in [-0.39, 0.29) is 5.41 Å². The minimum atomic E-state index is 0.232. The highest BCUT2D eigenvalue weighted by Crippen LogP contribution is 2.45. The molecule has 1 saturated carbocycles. The molecule has 0 unspecified atom stereocenters. The molecule has 0 aromatic heterocycles. The van der Waals surface area contributed by atoms with Crippen LogP contribution in [-0.4, -0.2) is 36.8 Å². The molecule has 2 heteroatoms. The van der Waals surface area contributed by atoms with E-state index < -0.39 is 0 Å². The topological polar surface area (TPSA) is 23.5 Å². The maximum absolute atomic E-state index is 9.35. The molecule has 1 aromatic carbocycles. The molecular formula is C17H27NO. The molecule has 0 atom stereocenters. The highest BCUT2D eigenvalue weighted by atomic mass is 16.3. The summed E-state index contributed by atoms with van der Waals surface area (Å²) in [5.41, 5.74) is 3.05. The second-order valence-corrected chi connectivity index (χ2v) is 6.54. The fourth-order valence-electron chi connectivity index (χ4n) is 2.58. The Balaban J connectivity index is 1.78. The zero-order valence-electron chi connectivity index (χ0n) is 12.5. The van der Waals surface area contributed by atoms with E-state index in [0.717, 1.165) is 19.5 Å². The van der Waals surface area contributed by atoms with Gasteiger partial charge >= 0.3 is 0 Å². The minimum Gasteiger partial charge on any atom is -0.396 e. The van der Waals surface area contributed by atoms with Gasteiger partial charge in [-0.1, -0.05) is 38.1 Å². The quantitative estimate of drug-likeness (QED) is 0.815. The normalized spacial score (nSPS) is 17.2. The largest absolute Gasteiger partial charge is 0.396 e. The van der Waals surface area contributed by atoms with Crippen LogP contribution >= 0.6 is 0 Å². The Kier molecular flexibility index (Phi) is 4.64. The van der Waals surface area contributed by atoms with E-state index in [0.29, 0.717) is 12.5 Å². The van der Waals surface area contributed by atoms with Crippen molar-refractivity contribution in [2.24, 2.45) is 5.41 Å². The molecule has 0 saturated heterocycles. The van der Waals surface area contributed by atoms with Crippen molar-refractivity contribution in [1.82, 2.24) is 4.90 Å². The second kappa shape index (κ2) is 6.06. The van der Waals surface area contributed by atoms with Gasteiger partial charge < -0.3 is 10.0 Å². The fourth-order valence-corrected chi connectivity index (χ4v) is 2.58. The SMILES string of the molecule is CC(C)c1ccc(CCN(C)CC2(CO)CC2)cc1. The lowest BCUT2D eigenvalue weighted by Crippen LogP contribution is -2.30. The fraction of sp³-hybridized carbons (Fsp3) is 0.647. The molecule has 19 heavy (non-hydrogen) atoms. The monoisotopic (exact) mass is 261 g/mol. The zero-order valence-corrected chi connectivity index (χ0v) is 12.5. The van der Waals surface area contributed by atoms with Gasteiger partial charge in [-0.15, -0.1) is 0 Å². The van der Waals surface area contributed by atoms with Gasteiger partial charge in [-0.25, -0.2) is 0 Å². The van der Waals surface area contributed by atoms with Crippen molar-refractivity contribution < 1.29 is 5.11 Å². The van der Waals surface area contributed by atoms with Gasteiger partial charge in [0.2, 0.25) is 0 Å². The molecule has 0 bridgehead atoms. The molecule has 1 aliphatic rings. The Morgan fingerprint density at radius 2 is 1.84 bits per heavy atom. The van der Waals surface area contributed by atoms with Crippen molar-refractivity contribution in [2.75, 3.05) is 26.7 Å². The highest BCUT2D eigenvalue weighted by Gasteiger charge is 2.42. The van der Waals surface area contributed by atoms with Crippen molar-refractivity contribution in [3.05, 3.63) is 35.4 Å². The standard InChI is InChI=1S/C17H27NO/c1-14(2)16-6-4-15(5-7-16)8-11-18(3)12-17(13-19)9-10-17/h4-7,14,19H,8-13H2,1-3H3. The molecule has 0 spiro atoms. The van der Waals surface area contributed by atoms with Gasteiger partial charge in [0.15, 0.2) is 0 Å². The Morgan fingerprint density at radius 1 is 1.21 bits per heavy atom. The van der Waals surface area contributed by atoms with Gasteiger partial charge in [-0.3, -0.25) is 0 Å². The summed E-state index contributed by atoms with van der Waals surface area (Å²) in [6.07, 6.45) is 3.48. The van der Waals surface area contributed by atoms with E-state index >= 15 is 0 Å². The zero-order chi connectivity index (χ0) is 13.9. The van der Waals surface area contributed by atoms with Crippen LogP contribution in [-0.2, 0) is 6.42 Å². The number of aliphatic hydroxyl groups excluding tert-OH is 1. The van der Waals surface area contributed by atoms with Crippen molar-refractivity contribution >= 4 is 0 Å². The molecule has 2 rings (SSSR count). The van der Waals surface area contributed by atoms with Crippen LogP contribution in [0.15, 0.2) is 24.3 Å². The van der Waals surface area contributed by atoms with Crippen molar-refractivity contribution in [3.8, 4) is 0 Å². The summed E-state index contributed by atoms with van der Waals surface area (Å²) in [6.45, 7) is 6.91. The lowest BCUT2D eigenvalue weighted by atomic mass is 10.0. The third kappa shape index (κ3) is 4.05. The van der Waals surface area contributed by atoms with Crippen molar-refractivity contribution in [3.63, 3.8) is 0 Å². The predicted molar refractivity (Wildman–Crippen MR) is 80.5 cm³/mol. The molecule has 106 valence electrons. The molecule has 1 fully saturated rings. The predicted octanol–water partition coefficient (Wildman–Crippen LogP) is 3.06. The summed E-state index contributed by atoms with van der Waals surface area (Å²) in [7, 11) is 2.16. The Labute approximate surface area is 117 Å². The molecule has 2 nitrogen and oxygen atoms in total. The maximum Gasteiger partial charge on any atom is 0.0499 e. The van der Waals surface area contributed by atoms with E-state index in [1.165, 1.54) is 24.0 Å². The molecular weight excluding hydrogens is 234 g/mol. The van der Waals surface area contributed by atoms with Gasteiger partial charge in [0.1, 0.15) is 0 Å². The number of rotatable bonds is 7. The Hall–Kier alpha value is -0.860. The van der Waals surface area contributed by atoms with Crippen LogP contribution in [0.1, 0.15) is 43.7 Å². The average molecular weight is 261 g/mol. The second-order valence-electron chi connectivity index (χ2n) is 6.54. The summed E-state index contributed by atoms with van der Waals surface area (Å²) < 4.78 is 0. The maximum atomic E-state index is 9.35. The van der Waals surface area contributed by atoms with Crippen molar-refractivity contribution in [1.29, 1.82) is 0 Å². The molecule has 1 aliphatic carbocycles. The molecule has 1 aromatic rings. The van der Waals surface area contributed by atoms with Crippen LogP contribution in [0.4, 0.5) is 0 Å². The van der Waals surface area contributed by atoms with Gasteiger partial charge in [0.25, 0.3) is 0 Å². The van der Waals surface area contributed by atoms with Crippen LogP contribution in [0.5, 0.6) is 0 Å². The van der Waals surface area contributed by atoms with Crippen LogP contribution in [0.25, 0.3) is 0 Å². The highest BCUT2D eigenvalue weighted by molar-refractivity contribution is 5.24. The lowest BCUT2D eigenvalue weighted by molar-refractivity contribution is 0.165. The van der Waals surface area contributed by atoms with Gasteiger partial charge in [0.05, 0.1) is 0 Å². The smallest absolute Gasteiger partial charge is 0.0499 e. The summed E-state index contributed by atoms with van der Waals surface area (Å²) in [6, 6.07) is 9.00. The molecule has 0 amide bonds. The number of hydrogen-bond acceptors (Lipinski definition) is 2. The first-order valence-corrected chi connectivity index (χ1v) is 7.43. The summed E-state index contributed by atoms with van der Waals surface area (Å²) in [4.78, 5) is 2.36. The third-order valence-electron chi connectivity index (χ3n) is 4.33. The van der Waals surface area contributed by atoms with E-state index in [1.54, 1.807) is 0 Å². The number of aliphatic hydroxyl groups is 1. The number of likely N-dealkylation sites (N-methyl/N-ethyl adjacent to an activating group) is 1. The first kappa shape index (κ1) is 14.5. The Morgan fingerprint density at radius 3 is 2.32 bits per heavy atom.